The van der Waals surface area contributed by atoms with Crippen LogP contribution >= 0.6 is 0 Å². The molecule has 1 rings (SSSR count). The lowest BCUT2D eigenvalue weighted by molar-refractivity contribution is -0.122. The van der Waals surface area contributed by atoms with E-state index in [4.69, 9.17) is 14.7 Å². The van der Waals surface area contributed by atoms with Crippen molar-refractivity contribution >= 4 is 12.0 Å². The summed E-state index contributed by atoms with van der Waals surface area (Å²) in [5.74, 6) is -0.0373. The van der Waals surface area contributed by atoms with Crippen molar-refractivity contribution in [2.24, 2.45) is 0 Å². The molecule has 0 aliphatic rings. The van der Waals surface area contributed by atoms with Crippen molar-refractivity contribution in [2.75, 3.05) is 20.8 Å². The van der Waals surface area contributed by atoms with E-state index in [-0.39, 0.29) is 6.61 Å². The lowest BCUT2D eigenvalue weighted by Gasteiger charge is -2.10. The molecule has 0 radical (unpaired) electrons. The molecule has 0 bridgehead atoms. The van der Waals surface area contributed by atoms with Crippen LogP contribution in [0.4, 0.5) is 4.79 Å². The Kier molecular flexibility index (Phi) is 5.17. The van der Waals surface area contributed by atoms with Crippen LogP contribution in [0, 0.1) is 11.3 Å². The number of carbonyl (C=O) groups excluding carboxylic acids is 2. The largest absolute Gasteiger partial charge is 0.493 e. The fourth-order valence-corrected chi connectivity index (χ4v) is 1.20. The number of hydrogen-bond acceptors (Lipinski definition) is 6. The second-order valence-electron chi connectivity index (χ2n) is 3.31. The van der Waals surface area contributed by atoms with Crippen molar-refractivity contribution in [1.29, 1.82) is 5.26 Å². The molecule has 19 heavy (non-hydrogen) atoms. The molecule has 1 aromatic rings. The Bertz CT molecular complexity index is 521. The predicted octanol–water partition coefficient (Wildman–Crippen LogP) is 0.828. The molecule has 0 saturated heterocycles. The highest BCUT2D eigenvalue weighted by Gasteiger charge is 2.11. The fourth-order valence-electron chi connectivity index (χ4n) is 1.20. The van der Waals surface area contributed by atoms with Crippen molar-refractivity contribution < 1.29 is 23.8 Å². The van der Waals surface area contributed by atoms with Crippen LogP contribution in [0.5, 0.6) is 11.5 Å². The van der Waals surface area contributed by atoms with Gasteiger partial charge >= 0.3 is 6.09 Å². The van der Waals surface area contributed by atoms with E-state index in [2.05, 4.69) is 4.74 Å². The van der Waals surface area contributed by atoms with E-state index in [1.54, 1.807) is 0 Å². The van der Waals surface area contributed by atoms with Gasteiger partial charge in [-0.3, -0.25) is 10.1 Å². The van der Waals surface area contributed by atoms with Gasteiger partial charge in [0.15, 0.2) is 18.1 Å². The average molecular weight is 264 g/mol. The van der Waals surface area contributed by atoms with E-state index >= 15 is 0 Å². The summed E-state index contributed by atoms with van der Waals surface area (Å²) in [5.41, 5.74) is 0.406. The first-order valence-electron chi connectivity index (χ1n) is 5.19. The number of imide groups is 1. The van der Waals surface area contributed by atoms with Gasteiger partial charge in [-0.05, 0) is 12.1 Å². The molecule has 0 fully saturated rings. The van der Waals surface area contributed by atoms with Crippen molar-refractivity contribution in [3.8, 4) is 17.6 Å². The molecule has 0 unspecified atom stereocenters. The van der Waals surface area contributed by atoms with Crippen molar-refractivity contribution in [1.82, 2.24) is 5.32 Å². The Morgan fingerprint density at radius 1 is 1.32 bits per heavy atom. The number of alkyl carbamates (subject to hydrolysis) is 1. The molecule has 1 aromatic carbocycles. The van der Waals surface area contributed by atoms with E-state index < -0.39 is 12.0 Å². The molecule has 2 amide bonds. The minimum absolute atomic E-state index is 0.293. The first-order chi connectivity index (χ1) is 9.10. The zero-order valence-corrected chi connectivity index (χ0v) is 10.4. The minimum Gasteiger partial charge on any atom is -0.493 e. The first kappa shape index (κ1) is 14.3. The SMILES string of the molecule is COC(=O)NC(=O)COc1ccc(C#N)cc1OC. The van der Waals surface area contributed by atoms with E-state index in [0.717, 1.165) is 7.11 Å². The standard InChI is InChI=1S/C12H12N2O5/c1-17-10-5-8(6-13)3-4-9(10)19-7-11(15)14-12(16)18-2/h3-5H,7H2,1-2H3,(H,14,15,16). The maximum atomic E-state index is 11.3. The number of ether oxygens (including phenoxy) is 3. The highest BCUT2D eigenvalue weighted by atomic mass is 16.5. The maximum Gasteiger partial charge on any atom is 0.413 e. The van der Waals surface area contributed by atoms with Crippen molar-refractivity contribution in [3.05, 3.63) is 23.8 Å². The van der Waals surface area contributed by atoms with Crippen LogP contribution in [0.15, 0.2) is 18.2 Å². The smallest absolute Gasteiger partial charge is 0.413 e. The van der Waals surface area contributed by atoms with Gasteiger partial charge in [0.05, 0.1) is 25.9 Å². The van der Waals surface area contributed by atoms with Gasteiger partial charge in [-0.2, -0.15) is 5.26 Å². The molecule has 7 nitrogen and oxygen atoms in total. The molecular weight excluding hydrogens is 252 g/mol. The van der Waals surface area contributed by atoms with Crippen LogP contribution in [0.2, 0.25) is 0 Å². The Morgan fingerprint density at radius 3 is 2.63 bits per heavy atom. The molecule has 100 valence electrons. The minimum atomic E-state index is -0.861. The molecule has 0 spiro atoms. The number of carbonyl (C=O) groups is 2. The van der Waals surface area contributed by atoms with Gasteiger partial charge < -0.3 is 14.2 Å². The molecule has 0 aromatic heterocycles. The quantitative estimate of drug-likeness (QED) is 0.864. The summed E-state index contributed by atoms with van der Waals surface area (Å²) < 4.78 is 14.5. The monoisotopic (exact) mass is 264 g/mol. The Hall–Kier alpha value is -2.75. The summed E-state index contributed by atoms with van der Waals surface area (Å²) >= 11 is 0. The number of methoxy groups -OCH3 is 2. The summed E-state index contributed by atoms with van der Waals surface area (Å²) in [7, 11) is 2.56. The molecule has 0 aliphatic carbocycles. The zero-order valence-electron chi connectivity index (χ0n) is 10.4. The highest BCUT2D eigenvalue weighted by Crippen LogP contribution is 2.27. The number of nitrogens with zero attached hydrogens (tertiary/aromatic N) is 1. The Balaban J connectivity index is 2.65. The van der Waals surface area contributed by atoms with Gasteiger partial charge in [0.25, 0.3) is 5.91 Å². The Morgan fingerprint density at radius 2 is 2.05 bits per heavy atom. The number of benzene rings is 1. The topological polar surface area (TPSA) is 97.6 Å². The molecule has 0 atom stereocenters. The summed E-state index contributed by atoms with van der Waals surface area (Å²) in [6.07, 6.45) is -0.861. The summed E-state index contributed by atoms with van der Waals surface area (Å²) in [6, 6.07) is 6.46. The first-order valence-corrected chi connectivity index (χ1v) is 5.19. The highest BCUT2D eigenvalue weighted by molar-refractivity contribution is 5.92. The van der Waals surface area contributed by atoms with E-state index in [0.29, 0.717) is 17.1 Å². The van der Waals surface area contributed by atoms with Gasteiger partial charge in [0, 0.05) is 6.07 Å². The molecule has 7 heteroatoms. The number of nitriles is 1. The van der Waals surface area contributed by atoms with E-state index in [9.17, 15) is 9.59 Å². The molecule has 1 N–H and O–H groups in total. The predicted molar refractivity (Wildman–Crippen MR) is 63.8 cm³/mol. The van der Waals surface area contributed by atoms with Crippen molar-refractivity contribution in [3.63, 3.8) is 0 Å². The average Bonchev–Trinajstić information content (AvgIpc) is 2.44. The van der Waals surface area contributed by atoms with Crippen LogP contribution in [-0.4, -0.2) is 32.8 Å². The van der Waals surface area contributed by atoms with Crippen LogP contribution in [0.1, 0.15) is 5.56 Å². The number of hydrogen-bond donors (Lipinski definition) is 1. The summed E-state index contributed by atoms with van der Waals surface area (Å²) in [6.45, 7) is -0.378. The lowest BCUT2D eigenvalue weighted by atomic mass is 10.2. The van der Waals surface area contributed by atoms with Crippen LogP contribution < -0.4 is 14.8 Å². The second kappa shape index (κ2) is 6.86. The van der Waals surface area contributed by atoms with E-state index in [1.165, 1.54) is 25.3 Å². The van der Waals surface area contributed by atoms with Gasteiger partial charge in [-0.1, -0.05) is 0 Å². The summed E-state index contributed by atoms with van der Waals surface area (Å²) in [4.78, 5) is 22.0. The van der Waals surface area contributed by atoms with Crippen LogP contribution in [-0.2, 0) is 9.53 Å². The van der Waals surface area contributed by atoms with Gasteiger partial charge in [0.2, 0.25) is 0 Å². The number of rotatable bonds is 4. The second-order valence-corrected chi connectivity index (χ2v) is 3.31. The van der Waals surface area contributed by atoms with Gasteiger partial charge in [-0.25, -0.2) is 4.79 Å². The Labute approximate surface area is 109 Å². The third kappa shape index (κ3) is 4.20. The fraction of sp³-hybridized carbons (Fsp3) is 0.250. The zero-order chi connectivity index (χ0) is 14.3. The third-order valence-corrected chi connectivity index (χ3v) is 2.08. The summed E-state index contributed by atoms with van der Waals surface area (Å²) in [5, 5.41) is 10.7. The number of nitrogens with one attached hydrogen (secondary N) is 1. The third-order valence-electron chi connectivity index (χ3n) is 2.08. The van der Waals surface area contributed by atoms with Gasteiger partial charge in [0.1, 0.15) is 0 Å². The molecular formula is C12H12N2O5. The molecule has 0 aliphatic heterocycles. The van der Waals surface area contributed by atoms with E-state index in [1.807, 2.05) is 11.4 Å². The van der Waals surface area contributed by atoms with Crippen LogP contribution in [0.25, 0.3) is 0 Å². The maximum absolute atomic E-state index is 11.3. The van der Waals surface area contributed by atoms with Gasteiger partial charge in [-0.15, -0.1) is 0 Å². The van der Waals surface area contributed by atoms with Crippen molar-refractivity contribution in [2.45, 2.75) is 0 Å². The number of amides is 2. The normalized spacial score (nSPS) is 9.11. The lowest BCUT2D eigenvalue weighted by Crippen LogP contribution is -2.34. The molecule has 0 saturated carbocycles. The molecule has 0 heterocycles. The van der Waals surface area contributed by atoms with Crippen LogP contribution in [0.3, 0.4) is 0 Å².